The molecule has 7 nitrogen and oxygen atoms in total. The molecule has 1 fully saturated rings. The lowest BCUT2D eigenvalue weighted by Crippen LogP contribution is -2.41. The molecule has 1 aliphatic heterocycles. The van der Waals surface area contributed by atoms with Crippen LogP contribution in [0.4, 0.5) is 5.82 Å². The summed E-state index contributed by atoms with van der Waals surface area (Å²) in [6, 6.07) is 5.45. The first-order valence-corrected chi connectivity index (χ1v) is 10.9. The number of anilines is 1. The highest BCUT2D eigenvalue weighted by Gasteiger charge is 2.27. The number of nitrogens with zero attached hydrogens (tertiary/aromatic N) is 4. The van der Waals surface area contributed by atoms with Gasteiger partial charge in [0.25, 0.3) is 0 Å². The molecule has 2 aromatic heterocycles. The third kappa shape index (κ3) is 5.46. The van der Waals surface area contributed by atoms with Gasteiger partial charge in [-0.3, -0.25) is 14.3 Å². The average Bonchev–Trinajstić information content (AvgIpc) is 2.99. The van der Waals surface area contributed by atoms with E-state index in [9.17, 15) is 9.59 Å². The second-order valence-electron chi connectivity index (χ2n) is 8.58. The van der Waals surface area contributed by atoms with E-state index in [4.69, 9.17) is 0 Å². The summed E-state index contributed by atoms with van der Waals surface area (Å²) >= 11 is 0. The topological polar surface area (TPSA) is 80.1 Å². The molecule has 1 aliphatic rings. The summed E-state index contributed by atoms with van der Waals surface area (Å²) in [6.07, 6.45) is 4.24. The Morgan fingerprint density at radius 1 is 1.20 bits per heavy atom. The maximum atomic E-state index is 12.7. The number of piperidine rings is 1. The maximum Gasteiger partial charge on any atom is 0.228 e. The molecule has 162 valence electrons. The fourth-order valence-corrected chi connectivity index (χ4v) is 4.07. The predicted octanol–water partition coefficient (Wildman–Crippen LogP) is 3.36. The van der Waals surface area contributed by atoms with Crippen LogP contribution in [0.1, 0.15) is 50.1 Å². The molecule has 0 bridgehead atoms. The van der Waals surface area contributed by atoms with Gasteiger partial charge in [-0.1, -0.05) is 19.9 Å². The van der Waals surface area contributed by atoms with E-state index < -0.39 is 0 Å². The zero-order chi connectivity index (χ0) is 21.7. The van der Waals surface area contributed by atoms with E-state index in [1.165, 1.54) is 11.3 Å². The van der Waals surface area contributed by atoms with Crippen LogP contribution in [0.5, 0.6) is 0 Å². The minimum atomic E-state index is -0.0742. The SMILES string of the molecule is Cc1nn(CC(C)C)c(C)c1CCC(=O)N1CCC(C(=O)Nc2ccccn2)CC1. The molecule has 0 spiro atoms. The number of hydrogen-bond donors (Lipinski definition) is 1. The largest absolute Gasteiger partial charge is 0.343 e. The number of carbonyl (C=O) groups excluding carboxylic acids is 2. The first-order valence-electron chi connectivity index (χ1n) is 10.9. The third-order valence-electron chi connectivity index (χ3n) is 5.79. The predicted molar refractivity (Wildman–Crippen MR) is 117 cm³/mol. The number of rotatable bonds is 7. The number of aromatic nitrogens is 3. The van der Waals surface area contributed by atoms with Crippen LogP contribution in [0.2, 0.25) is 0 Å². The molecule has 1 saturated heterocycles. The molecule has 2 aromatic rings. The smallest absolute Gasteiger partial charge is 0.228 e. The average molecular weight is 412 g/mol. The Balaban J connectivity index is 1.48. The monoisotopic (exact) mass is 411 g/mol. The summed E-state index contributed by atoms with van der Waals surface area (Å²) in [7, 11) is 0. The van der Waals surface area contributed by atoms with Gasteiger partial charge in [-0.15, -0.1) is 0 Å². The Labute approximate surface area is 178 Å². The highest BCUT2D eigenvalue weighted by molar-refractivity contribution is 5.91. The molecule has 30 heavy (non-hydrogen) atoms. The van der Waals surface area contributed by atoms with Crippen LogP contribution < -0.4 is 5.32 Å². The molecule has 0 aromatic carbocycles. The number of aryl methyl sites for hydroxylation is 1. The molecule has 0 unspecified atom stereocenters. The van der Waals surface area contributed by atoms with Crippen molar-refractivity contribution in [3.63, 3.8) is 0 Å². The molecule has 3 rings (SSSR count). The van der Waals surface area contributed by atoms with E-state index in [0.717, 1.165) is 12.2 Å². The van der Waals surface area contributed by atoms with Gasteiger partial charge in [0.1, 0.15) is 5.82 Å². The first-order chi connectivity index (χ1) is 14.3. The van der Waals surface area contributed by atoms with Gasteiger partial charge in [0.05, 0.1) is 5.69 Å². The van der Waals surface area contributed by atoms with Crippen LogP contribution >= 0.6 is 0 Å². The van der Waals surface area contributed by atoms with Crippen LogP contribution in [-0.2, 0) is 22.6 Å². The second kappa shape index (κ2) is 9.87. The zero-order valence-electron chi connectivity index (χ0n) is 18.5. The Morgan fingerprint density at radius 3 is 2.57 bits per heavy atom. The Bertz CT molecular complexity index is 867. The maximum absolute atomic E-state index is 12.7. The summed E-state index contributed by atoms with van der Waals surface area (Å²) in [5.41, 5.74) is 3.37. The summed E-state index contributed by atoms with van der Waals surface area (Å²) in [6.45, 7) is 10.6. The summed E-state index contributed by atoms with van der Waals surface area (Å²) in [4.78, 5) is 31.2. The minimum Gasteiger partial charge on any atom is -0.343 e. The molecular weight excluding hydrogens is 378 g/mol. The van der Waals surface area contributed by atoms with E-state index >= 15 is 0 Å². The van der Waals surface area contributed by atoms with Crippen molar-refractivity contribution in [1.82, 2.24) is 19.7 Å². The van der Waals surface area contributed by atoms with Gasteiger partial charge in [0.2, 0.25) is 11.8 Å². The van der Waals surface area contributed by atoms with Crippen molar-refractivity contribution in [1.29, 1.82) is 0 Å². The first kappa shape index (κ1) is 22.0. The van der Waals surface area contributed by atoms with Crippen molar-refractivity contribution in [3.05, 3.63) is 41.3 Å². The lowest BCUT2D eigenvalue weighted by molar-refractivity contribution is -0.134. The van der Waals surface area contributed by atoms with Crippen molar-refractivity contribution < 1.29 is 9.59 Å². The van der Waals surface area contributed by atoms with Crippen molar-refractivity contribution >= 4 is 17.6 Å². The number of amides is 2. The van der Waals surface area contributed by atoms with Gasteiger partial charge in [-0.2, -0.15) is 5.10 Å². The van der Waals surface area contributed by atoms with E-state index in [0.29, 0.717) is 50.5 Å². The lowest BCUT2D eigenvalue weighted by atomic mass is 9.95. The zero-order valence-corrected chi connectivity index (χ0v) is 18.5. The molecule has 0 saturated carbocycles. The number of pyridine rings is 1. The van der Waals surface area contributed by atoms with Gasteiger partial charge in [0.15, 0.2) is 0 Å². The Morgan fingerprint density at radius 2 is 1.93 bits per heavy atom. The van der Waals surface area contributed by atoms with Crippen molar-refractivity contribution in [3.8, 4) is 0 Å². The van der Waals surface area contributed by atoms with Crippen molar-refractivity contribution in [2.45, 2.75) is 59.9 Å². The quantitative estimate of drug-likeness (QED) is 0.758. The molecule has 0 radical (unpaired) electrons. The normalized spacial score (nSPS) is 14.9. The molecule has 1 N–H and O–H groups in total. The number of hydrogen-bond acceptors (Lipinski definition) is 4. The number of likely N-dealkylation sites (tertiary alicyclic amines) is 1. The molecule has 2 amide bonds. The minimum absolute atomic E-state index is 0.00962. The van der Waals surface area contributed by atoms with Crippen molar-refractivity contribution in [2.75, 3.05) is 18.4 Å². The van der Waals surface area contributed by atoms with E-state index in [1.54, 1.807) is 12.3 Å². The Hall–Kier alpha value is -2.70. The van der Waals surface area contributed by atoms with Gasteiger partial charge >= 0.3 is 0 Å². The standard InChI is InChI=1S/C23H33N5O2/c1-16(2)15-28-18(4)20(17(3)26-28)8-9-22(29)27-13-10-19(11-14-27)23(30)25-21-7-5-6-12-24-21/h5-7,12,16,19H,8-11,13-15H2,1-4H3,(H,24,25,30). The lowest BCUT2D eigenvalue weighted by Gasteiger charge is -2.31. The number of nitrogens with one attached hydrogen (secondary N) is 1. The summed E-state index contributed by atoms with van der Waals surface area (Å²) < 4.78 is 2.06. The Kier molecular flexibility index (Phi) is 7.24. The fourth-order valence-electron chi connectivity index (χ4n) is 4.07. The molecule has 0 aliphatic carbocycles. The van der Waals surface area contributed by atoms with E-state index in [2.05, 4.69) is 40.9 Å². The van der Waals surface area contributed by atoms with E-state index in [1.807, 2.05) is 24.0 Å². The van der Waals surface area contributed by atoms with E-state index in [-0.39, 0.29) is 17.7 Å². The van der Waals surface area contributed by atoms with Crippen LogP contribution in [0, 0.1) is 25.7 Å². The highest BCUT2D eigenvalue weighted by Crippen LogP contribution is 2.21. The fraction of sp³-hybridized carbons (Fsp3) is 0.565. The van der Waals surface area contributed by atoms with Gasteiger partial charge in [0, 0.05) is 43.9 Å². The second-order valence-corrected chi connectivity index (χ2v) is 8.58. The molecular formula is C23H33N5O2. The molecule has 3 heterocycles. The van der Waals surface area contributed by atoms with Gasteiger partial charge in [-0.05, 0) is 56.7 Å². The van der Waals surface area contributed by atoms with Crippen LogP contribution in [-0.4, -0.2) is 44.6 Å². The number of carbonyl (C=O) groups is 2. The molecule has 0 atom stereocenters. The van der Waals surface area contributed by atoms with Gasteiger partial charge < -0.3 is 10.2 Å². The van der Waals surface area contributed by atoms with Crippen LogP contribution in [0.15, 0.2) is 24.4 Å². The summed E-state index contributed by atoms with van der Waals surface area (Å²) in [5.74, 6) is 1.19. The highest BCUT2D eigenvalue weighted by atomic mass is 16.2. The molecule has 7 heteroatoms. The summed E-state index contributed by atoms with van der Waals surface area (Å²) in [5, 5.41) is 7.51. The van der Waals surface area contributed by atoms with Crippen LogP contribution in [0.3, 0.4) is 0 Å². The van der Waals surface area contributed by atoms with Crippen LogP contribution in [0.25, 0.3) is 0 Å². The van der Waals surface area contributed by atoms with Gasteiger partial charge in [-0.25, -0.2) is 4.98 Å². The third-order valence-corrected chi connectivity index (χ3v) is 5.79. The van der Waals surface area contributed by atoms with Crippen molar-refractivity contribution in [2.24, 2.45) is 11.8 Å².